The molecule has 3 aromatic rings. The van der Waals surface area contributed by atoms with Gasteiger partial charge in [-0.2, -0.15) is 5.10 Å². The molecule has 7 nitrogen and oxygen atoms in total. The zero-order valence-corrected chi connectivity index (χ0v) is 20.0. The molecule has 1 aliphatic rings. The summed E-state index contributed by atoms with van der Waals surface area (Å²) in [4.78, 5) is 26.7. The van der Waals surface area contributed by atoms with Crippen molar-refractivity contribution in [2.45, 2.75) is 33.1 Å². The number of hydrogen-bond donors (Lipinski definition) is 1. The van der Waals surface area contributed by atoms with Gasteiger partial charge in [-0.25, -0.2) is 13.9 Å². The maximum Gasteiger partial charge on any atom is 0.331 e. The van der Waals surface area contributed by atoms with Gasteiger partial charge in [-0.3, -0.25) is 4.79 Å². The number of nitrogens with one attached hydrogen (secondary N) is 1. The number of esters is 1. The van der Waals surface area contributed by atoms with Crippen LogP contribution >= 0.6 is 0 Å². The number of nitrogens with zero attached hydrogens (tertiary/aromatic N) is 3. The lowest BCUT2D eigenvalue weighted by Gasteiger charge is -2.28. The Kier molecular flexibility index (Phi) is 7.60. The predicted octanol–water partition coefficient (Wildman–Crippen LogP) is 4.81. The second kappa shape index (κ2) is 11.0. The van der Waals surface area contributed by atoms with Crippen LogP contribution in [0.25, 0.3) is 11.8 Å². The Labute approximate surface area is 204 Å². The minimum atomic E-state index is -0.631. The SMILES string of the molecule is Cc1nn(-c2ccc(F)cc2)c(C)c1C=CC(=O)OCC(=O)Nc1ccc(N2CCCCC2)cc1. The van der Waals surface area contributed by atoms with Gasteiger partial charge in [0.2, 0.25) is 0 Å². The van der Waals surface area contributed by atoms with Gasteiger partial charge in [0, 0.05) is 41.8 Å². The van der Waals surface area contributed by atoms with E-state index in [1.54, 1.807) is 22.9 Å². The lowest BCUT2D eigenvalue weighted by molar-refractivity contribution is -0.142. The van der Waals surface area contributed by atoms with Crippen molar-refractivity contribution in [3.8, 4) is 5.69 Å². The third-order valence-corrected chi connectivity index (χ3v) is 6.02. The van der Waals surface area contributed by atoms with Gasteiger partial charge >= 0.3 is 5.97 Å². The first-order chi connectivity index (χ1) is 16.9. The van der Waals surface area contributed by atoms with E-state index in [0.29, 0.717) is 11.4 Å². The molecule has 2 heterocycles. The first kappa shape index (κ1) is 24.2. The van der Waals surface area contributed by atoms with Crippen molar-refractivity contribution in [3.63, 3.8) is 0 Å². The minimum Gasteiger partial charge on any atom is -0.452 e. The Bertz CT molecular complexity index is 1210. The summed E-state index contributed by atoms with van der Waals surface area (Å²) in [7, 11) is 0. The molecule has 182 valence electrons. The Morgan fingerprint density at radius 3 is 2.34 bits per heavy atom. The quantitative estimate of drug-likeness (QED) is 0.391. The zero-order chi connectivity index (χ0) is 24.8. The molecule has 1 N–H and O–H groups in total. The van der Waals surface area contributed by atoms with Crippen molar-refractivity contribution >= 4 is 29.3 Å². The van der Waals surface area contributed by atoms with Crippen molar-refractivity contribution in [3.05, 3.63) is 77.4 Å². The van der Waals surface area contributed by atoms with Crippen LogP contribution in [-0.2, 0) is 14.3 Å². The van der Waals surface area contributed by atoms with Crippen molar-refractivity contribution < 1.29 is 18.7 Å². The molecule has 4 rings (SSSR count). The minimum absolute atomic E-state index is 0.323. The summed E-state index contributed by atoms with van der Waals surface area (Å²) in [5.74, 6) is -1.36. The molecule has 1 saturated heterocycles. The number of carbonyl (C=O) groups excluding carboxylic acids is 2. The molecule has 1 aromatic heterocycles. The van der Waals surface area contributed by atoms with Crippen LogP contribution in [0.4, 0.5) is 15.8 Å². The van der Waals surface area contributed by atoms with E-state index >= 15 is 0 Å². The largest absolute Gasteiger partial charge is 0.452 e. The van der Waals surface area contributed by atoms with Crippen LogP contribution in [0, 0.1) is 19.7 Å². The average Bonchev–Trinajstić information content (AvgIpc) is 3.16. The lowest BCUT2D eigenvalue weighted by atomic mass is 10.1. The van der Waals surface area contributed by atoms with Crippen LogP contribution in [0.3, 0.4) is 0 Å². The van der Waals surface area contributed by atoms with Crippen molar-refractivity contribution in [1.29, 1.82) is 0 Å². The molecule has 0 aliphatic carbocycles. The normalized spacial score (nSPS) is 13.7. The van der Waals surface area contributed by atoms with Gasteiger partial charge in [0.15, 0.2) is 6.61 Å². The molecule has 0 saturated carbocycles. The molecule has 0 bridgehead atoms. The van der Waals surface area contributed by atoms with E-state index in [0.717, 1.165) is 35.7 Å². The molecular weight excluding hydrogens is 447 g/mol. The Morgan fingerprint density at radius 2 is 1.66 bits per heavy atom. The van der Waals surface area contributed by atoms with Gasteiger partial charge < -0.3 is 15.0 Å². The molecular formula is C27H29FN4O3. The topological polar surface area (TPSA) is 76.5 Å². The van der Waals surface area contributed by atoms with E-state index in [2.05, 4.69) is 15.3 Å². The molecule has 35 heavy (non-hydrogen) atoms. The summed E-state index contributed by atoms with van der Waals surface area (Å²) in [6, 6.07) is 13.7. The number of halogens is 1. The zero-order valence-electron chi connectivity index (χ0n) is 20.0. The summed E-state index contributed by atoms with van der Waals surface area (Å²) < 4.78 is 20.0. The van der Waals surface area contributed by atoms with E-state index in [4.69, 9.17) is 4.74 Å². The fourth-order valence-electron chi connectivity index (χ4n) is 4.17. The standard InChI is InChI=1S/C27H29FN4O3/c1-19-25(20(2)32(30-19)24-10-6-21(28)7-11-24)14-15-27(34)35-18-26(33)29-22-8-12-23(13-9-22)31-16-4-3-5-17-31/h6-15H,3-5,16-18H2,1-2H3,(H,29,33). The van der Waals surface area contributed by atoms with Crippen LogP contribution in [0.2, 0.25) is 0 Å². The number of rotatable bonds is 7. The Hall–Kier alpha value is -3.94. The van der Waals surface area contributed by atoms with Gasteiger partial charge in [0.05, 0.1) is 11.4 Å². The third kappa shape index (κ3) is 6.15. The van der Waals surface area contributed by atoms with Crippen LogP contribution in [-0.4, -0.2) is 41.4 Å². The van der Waals surface area contributed by atoms with E-state index < -0.39 is 11.9 Å². The number of aromatic nitrogens is 2. The monoisotopic (exact) mass is 476 g/mol. The molecule has 0 unspecified atom stereocenters. The van der Waals surface area contributed by atoms with Gasteiger partial charge in [-0.05, 0) is 87.7 Å². The van der Waals surface area contributed by atoms with Gasteiger partial charge in [-0.1, -0.05) is 0 Å². The highest BCUT2D eigenvalue weighted by Gasteiger charge is 2.13. The van der Waals surface area contributed by atoms with Crippen molar-refractivity contribution in [2.24, 2.45) is 0 Å². The van der Waals surface area contributed by atoms with Gasteiger partial charge in [0.25, 0.3) is 5.91 Å². The molecule has 8 heteroatoms. The number of hydrogen-bond acceptors (Lipinski definition) is 5. The molecule has 0 radical (unpaired) electrons. The summed E-state index contributed by atoms with van der Waals surface area (Å²) in [6.45, 7) is 5.41. The summed E-state index contributed by atoms with van der Waals surface area (Å²) in [5, 5.41) is 7.21. The van der Waals surface area contributed by atoms with Crippen LogP contribution in [0.15, 0.2) is 54.6 Å². The van der Waals surface area contributed by atoms with E-state index in [-0.39, 0.29) is 12.4 Å². The molecule has 1 aliphatic heterocycles. The number of carbonyl (C=O) groups is 2. The second-order valence-electron chi connectivity index (χ2n) is 8.56. The first-order valence-corrected chi connectivity index (χ1v) is 11.7. The highest BCUT2D eigenvalue weighted by Crippen LogP contribution is 2.22. The second-order valence-corrected chi connectivity index (χ2v) is 8.56. The van der Waals surface area contributed by atoms with Crippen LogP contribution in [0.1, 0.15) is 36.2 Å². The lowest BCUT2D eigenvalue weighted by Crippen LogP contribution is -2.29. The smallest absolute Gasteiger partial charge is 0.331 e. The maximum atomic E-state index is 13.2. The van der Waals surface area contributed by atoms with Gasteiger partial charge in [0.1, 0.15) is 5.82 Å². The molecule has 1 amide bonds. The number of benzene rings is 2. The number of amides is 1. The van der Waals surface area contributed by atoms with E-state index in [1.807, 2.05) is 38.1 Å². The first-order valence-electron chi connectivity index (χ1n) is 11.7. The highest BCUT2D eigenvalue weighted by molar-refractivity contribution is 5.94. The fourth-order valence-corrected chi connectivity index (χ4v) is 4.17. The van der Waals surface area contributed by atoms with Gasteiger partial charge in [-0.15, -0.1) is 0 Å². The predicted molar refractivity (Wildman–Crippen MR) is 134 cm³/mol. The van der Waals surface area contributed by atoms with Crippen molar-refractivity contribution in [1.82, 2.24) is 9.78 Å². The third-order valence-electron chi connectivity index (χ3n) is 6.02. The van der Waals surface area contributed by atoms with E-state index in [1.165, 1.54) is 37.5 Å². The molecule has 0 atom stereocenters. The number of anilines is 2. The van der Waals surface area contributed by atoms with Crippen molar-refractivity contribution in [2.75, 3.05) is 29.9 Å². The maximum absolute atomic E-state index is 13.2. The Balaban J connectivity index is 1.29. The molecule has 1 fully saturated rings. The number of aryl methyl sites for hydroxylation is 1. The average molecular weight is 477 g/mol. The van der Waals surface area contributed by atoms with Crippen LogP contribution < -0.4 is 10.2 Å². The highest BCUT2D eigenvalue weighted by atomic mass is 19.1. The van der Waals surface area contributed by atoms with Crippen LogP contribution in [0.5, 0.6) is 0 Å². The summed E-state index contributed by atoms with van der Waals surface area (Å²) in [5.41, 5.74) is 4.78. The molecule has 2 aromatic carbocycles. The summed E-state index contributed by atoms with van der Waals surface area (Å²) in [6.07, 6.45) is 6.56. The van der Waals surface area contributed by atoms with E-state index in [9.17, 15) is 14.0 Å². The number of piperidine rings is 1. The number of ether oxygens (including phenoxy) is 1. The Morgan fingerprint density at radius 1 is 1.00 bits per heavy atom. The summed E-state index contributed by atoms with van der Waals surface area (Å²) >= 11 is 0. The fraction of sp³-hybridized carbons (Fsp3) is 0.296. The molecule has 0 spiro atoms.